The number of carbonyl (C=O) groups excluding carboxylic acids is 1. The van der Waals surface area contributed by atoms with Gasteiger partial charge in [0.15, 0.2) is 0 Å². The number of nitrogens with one attached hydrogen (secondary N) is 2. The van der Waals surface area contributed by atoms with Crippen molar-refractivity contribution in [2.24, 2.45) is 0 Å². The zero-order valence-electron chi connectivity index (χ0n) is 11.0. The van der Waals surface area contributed by atoms with Gasteiger partial charge >= 0.3 is 0 Å². The molecule has 2 aromatic carbocycles. The molecule has 2 N–H and O–H groups in total. The summed E-state index contributed by atoms with van der Waals surface area (Å²) in [4.78, 5) is 15.4. The molecular formula is C16H12BrClN2O. The monoisotopic (exact) mass is 362 g/mol. The van der Waals surface area contributed by atoms with Crippen LogP contribution in [-0.4, -0.2) is 10.9 Å². The second-order valence-electron chi connectivity index (χ2n) is 4.70. The summed E-state index contributed by atoms with van der Waals surface area (Å²) in [6.07, 6.45) is 1.73. The Kier molecular flexibility index (Phi) is 3.99. The highest BCUT2D eigenvalue weighted by molar-refractivity contribution is 9.10. The van der Waals surface area contributed by atoms with Gasteiger partial charge < -0.3 is 10.3 Å². The normalized spacial score (nSPS) is 10.8. The number of hydrogen-bond acceptors (Lipinski definition) is 1. The maximum atomic E-state index is 12.3. The predicted molar refractivity (Wildman–Crippen MR) is 88.6 cm³/mol. The molecule has 0 unspecified atom stereocenters. The van der Waals surface area contributed by atoms with E-state index >= 15 is 0 Å². The van der Waals surface area contributed by atoms with E-state index in [9.17, 15) is 4.79 Å². The average molecular weight is 364 g/mol. The fourth-order valence-electron chi connectivity index (χ4n) is 2.16. The molecule has 0 saturated carbocycles. The highest BCUT2D eigenvalue weighted by Gasteiger charge is 2.11. The van der Waals surface area contributed by atoms with Gasteiger partial charge in [0.05, 0.1) is 5.56 Å². The molecule has 0 bridgehead atoms. The zero-order valence-corrected chi connectivity index (χ0v) is 13.3. The summed E-state index contributed by atoms with van der Waals surface area (Å²) in [7, 11) is 0. The lowest BCUT2D eigenvalue weighted by molar-refractivity contribution is 0.0952. The average Bonchev–Trinajstić information content (AvgIpc) is 2.89. The summed E-state index contributed by atoms with van der Waals surface area (Å²) < 4.78 is 0.946. The highest BCUT2D eigenvalue weighted by atomic mass is 79.9. The fourth-order valence-corrected chi connectivity index (χ4v) is 2.65. The van der Waals surface area contributed by atoms with Crippen LogP contribution in [-0.2, 0) is 6.54 Å². The number of rotatable bonds is 3. The van der Waals surface area contributed by atoms with Crippen molar-refractivity contribution in [2.75, 3.05) is 0 Å². The predicted octanol–water partition coefficient (Wildman–Crippen LogP) is 4.51. The van der Waals surface area contributed by atoms with Gasteiger partial charge in [0.1, 0.15) is 0 Å². The van der Waals surface area contributed by atoms with Crippen molar-refractivity contribution < 1.29 is 4.79 Å². The minimum absolute atomic E-state index is 0.102. The van der Waals surface area contributed by atoms with Crippen molar-refractivity contribution in [1.82, 2.24) is 10.3 Å². The summed E-state index contributed by atoms with van der Waals surface area (Å²) in [5.74, 6) is -0.102. The summed E-state index contributed by atoms with van der Waals surface area (Å²) in [6, 6.07) is 13.2. The third kappa shape index (κ3) is 3.12. The molecular weight excluding hydrogens is 352 g/mol. The first-order valence-corrected chi connectivity index (χ1v) is 7.60. The third-order valence-corrected chi connectivity index (χ3v) is 4.00. The van der Waals surface area contributed by atoms with E-state index in [1.807, 2.05) is 42.5 Å². The summed E-state index contributed by atoms with van der Waals surface area (Å²) >= 11 is 9.26. The molecule has 5 heteroatoms. The number of benzene rings is 2. The lowest BCUT2D eigenvalue weighted by Crippen LogP contribution is -2.22. The molecule has 3 rings (SSSR count). The van der Waals surface area contributed by atoms with E-state index in [2.05, 4.69) is 26.2 Å². The van der Waals surface area contributed by atoms with Gasteiger partial charge in [-0.05, 0) is 35.9 Å². The number of aromatic nitrogens is 1. The maximum Gasteiger partial charge on any atom is 0.253 e. The molecule has 0 aliphatic heterocycles. The van der Waals surface area contributed by atoms with Crippen LogP contribution in [0.25, 0.3) is 10.9 Å². The van der Waals surface area contributed by atoms with Gasteiger partial charge in [-0.15, -0.1) is 0 Å². The Bertz CT molecular complexity index is 796. The Balaban J connectivity index is 1.78. The van der Waals surface area contributed by atoms with Gasteiger partial charge in [0, 0.05) is 33.1 Å². The topological polar surface area (TPSA) is 44.9 Å². The van der Waals surface area contributed by atoms with Crippen molar-refractivity contribution in [3.63, 3.8) is 0 Å². The summed E-state index contributed by atoms with van der Waals surface area (Å²) in [6.45, 7) is 0.469. The van der Waals surface area contributed by atoms with E-state index in [0.717, 1.165) is 20.9 Å². The van der Waals surface area contributed by atoms with Crippen molar-refractivity contribution in [2.45, 2.75) is 6.54 Å². The van der Waals surface area contributed by atoms with E-state index in [-0.39, 0.29) is 5.91 Å². The number of amides is 1. The highest BCUT2D eigenvalue weighted by Crippen LogP contribution is 2.22. The molecule has 0 spiro atoms. The number of H-pyrrole nitrogens is 1. The van der Waals surface area contributed by atoms with E-state index in [4.69, 9.17) is 11.6 Å². The van der Waals surface area contributed by atoms with Crippen LogP contribution in [0.5, 0.6) is 0 Å². The quantitative estimate of drug-likeness (QED) is 0.706. The second-order valence-corrected chi connectivity index (χ2v) is 6.05. The molecule has 3 nitrogen and oxygen atoms in total. The van der Waals surface area contributed by atoms with Crippen LogP contribution in [0.1, 0.15) is 15.9 Å². The molecule has 1 amide bonds. The fraction of sp³-hybridized carbons (Fsp3) is 0.0625. The Morgan fingerprint density at radius 3 is 2.71 bits per heavy atom. The molecule has 1 aromatic heterocycles. The smallest absolute Gasteiger partial charge is 0.253 e. The lowest BCUT2D eigenvalue weighted by atomic mass is 10.1. The molecule has 1 heterocycles. The number of hydrogen-bond donors (Lipinski definition) is 2. The van der Waals surface area contributed by atoms with Gasteiger partial charge in [0.2, 0.25) is 0 Å². The van der Waals surface area contributed by atoms with E-state index in [1.54, 1.807) is 6.20 Å². The SMILES string of the molecule is O=C(NCc1ccc(Cl)cc1)c1c[nH]c2ccc(Br)cc12. The molecule has 0 aliphatic rings. The first kappa shape index (κ1) is 14.2. The van der Waals surface area contributed by atoms with Crippen LogP contribution < -0.4 is 5.32 Å². The van der Waals surface area contributed by atoms with E-state index < -0.39 is 0 Å². The Hall–Kier alpha value is -1.78. The molecule has 0 aliphatic carbocycles. The zero-order chi connectivity index (χ0) is 14.8. The van der Waals surface area contributed by atoms with Gasteiger partial charge in [-0.3, -0.25) is 4.79 Å². The van der Waals surface area contributed by atoms with Crippen molar-refractivity contribution >= 4 is 44.3 Å². The van der Waals surface area contributed by atoms with Gasteiger partial charge in [-0.25, -0.2) is 0 Å². The molecule has 3 aromatic rings. The Labute approximate surface area is 135 Å². The van der Waals surface area contributed by atoms with Crippen LogP contribution in [0.15, 0.2) is 53.1 Å². The van der Waals surface area contributed by atoms with Gasteiger partial charge in [0.25, 0.3) is 5.91 Å². The van der Waals surface area contributed by atoms with Crippen LogP contribution in [0, 0.1) is 0 Å². The first-order valence-electron chi connectivity index (χ1n) is 6.43. The Morgan fingerprint density at radius 1 is 1.19 bits per heavy atom. The second kappa shape index (κ2) is 5.92. The van der Waals surface area contributed by atoms with E-state index in [0.29, 0.717) is 17.1 Å². The summed E-state index contributed by atoms with van der Waals surface area (Å²) in [5.41, 5.74) is 2.59. The minimum Gasteiger partial charge on any atom is -0.360 e. The lowest BCUT2D eigenvalue weighted by Gasteiger charge is -2.05. The standard InChI is InChI=1S/C16H12BrClN2O/c17-11-3-6-15-13(7-11)14(9-19-15)16(21)20-8-10-1-4-12(18)5-2-10/h1-7,9,19H,8H2,(H,20,21). The van der Waals surface area contributed by atoms with Crippen LogP contribution >= 0.6 is 27.5 Å². The summed E-state index contributed by atoms with van der Waals surface area (Å²) in [5, 5.41) is 4.50. The van der Waals surface area contributed by atoms with Gasteiger partial charge in [-0.1, -0.05) is 39.7 Å². The molecule has 106 valence electrons. The van der Waals surface area contributed by atoms with Crippen molar-refractivity contribution in [3.8, 4) is 0 Å². The maximum absolute atomic E-state index is 12.3. The molecule has 0 radical (unpaired) electrons. The van der Waals surface area contributed by atoms with Gasteiger partial charge in [-0.2, -0.15) is 0 Å². The largest absolute Gasteiger partial charge is 0.360 e. The van der Waals surface area contributed by atoms with Crippen LogP contribution in [0.2, 0.25) is 5.02 Å². The Morgan fingerprint density at radius 2 is 1.95 bits per heavy atom. The van der Waals surface area contributed by atoms with Crippen molar-refractivity contribution in [1.29, 1.82) is 0 Å². The number of aromatic amines is 1. The molecule has 0 fully saturated rings. The number of halogens is 2. The molecule has 21 heavy (non-hydrogen) atoms. The molecule has 0 atom stereocenters. The third-order valence-electron chi connectivity index (χ3n) is 3.25. The minimum atomic E-state index is -0.102. The van der Waals surface area contributed by atoms with Crippen molar-refractivity contribution in [3.05, 3.63) is 69.3 Å². The first-order chi connectivity index (χ1) is 10.1. The van der Waals surface area contributed by atoms with Crippen LogP contribution in [0.4, 0.5) is 0 Å². The van der Waals surface area contributed by atoms with Crippen LogP contribution in [0.3, 0.4) is 0 Å². The van der Waals surface area contributed by atoms with E-state index in [1.165, 1.54) is 0 Å². The number of fused-ring (bicyclic) bond motifs is 1. The number of carbonyl (C=O) groups is 1. The molecule has 0 saturated heterocycles.